The Balaban J connectivity index is 1.98. The molecule has 108 valence electrons. The highest BCUT2D eigenvalue weighted by Crippen LogP contribution is 2.23. The van der Waals surface area contributed by atoms with Crippen LogP contribution >= 0.6 is 11.6 Å². The van der Waals surface area contributed by atoms with Gasteiger partial charge in [-0.15, -0.1) is 0 Å². The number of rotatable bonds is 3. The number of anilines is 1. The van der Waals surface area contributed by atoms with Crippen molar-refractivity contribution in [2.75, 3.05) is 25.0 Å². The van der Waals surface area contributed by atoms with Gasteiger partial charge in [-0.1, -0.05) is 17.7 Å². The second kappa shape index (κ2) is 6.72. The van der Waals surface area contributed by atoms with Crippen molar-refractivity contribution in [2.45, 2.75) is 13.3 Å². The van der Waals surface area contributed by atoms with Crippen LogP contribution in [-0.4, -0.2) is 31.6 Å². The number of amides is 1. The van der Waals surface area contributed by atoms with Gasteiger partial charge in [-0.25, -0.2) is 0 Å². The number of ether oxygens (including phenoxy) is 1. The van der Waals surface area contributed by atoms with Gasteiger partial charge in [0, 0.05) is 30.2 Å². The van der Waals surface area contributed by atoms with Gasteiger partial charge in [-0.2, -0.15) is 0 Å². The van der Waals surface area contributed by atoms with Gasteiger partial charge in [0.1, 0.15) is 6.61 Å². The third kappa shape index (κ3) is 3.71. The summed E-state index contributed by atoms with van der Waals surface area (Å²) in [7, 11) is 0. The van der Waals surface area contributed by atoms with Crippen molar-refractivity contribution >= 4 is 29.2 Å². The van der Waals surface area contributed by atoms with E-state index in [1.54, 1.807) is 18.2 Å². The highest BCUT2D eigenvalue weighted by Gasteiger charge is 2.25. The van der Waals surface area contributed by atoms with E-state index in [2.05, 4.69) is 10.6 Å². The zero-order valence-electron chi connectivity index (χ0n) is 11.2. The molecule has 1 unspecified atom stereocenters. The molecule has 1 heterocycles. The van der Waals surface area contributed by atoms with Crippen LogP contribution in [-0.2, 0) is 14.3 Å². The first-order valence-corrected chi connectivity index (χ1v) is 6.88. The number of nitrogens with one attached hydrogen (secondary N) is 2. The standard InChI is InChI=1S/C14H17ClN2O3/c1-9-11(15)3-2-4-12(9)17-13(18)7-10-8-16-5-6-20-14(10)19/h2-4,10,16H,5-8H2,1H3,(H,17,18). The summed E-state index contributed by atoms with van der Waals surface area (Å²) in [4.78, 5) is 23.7. The van der Waals surface area contributed by atoms with Crippen LogP contribution in [0.15, 0.2) is 18.2 Å². The highest BCUT2D eigenvalue weighted by atomic mass is 35.5. The molecule has 0 aromatic heterocycles. The molecule has 0 bridgehead atoms. The van der Waals surface area contributed by atoms with Gasteiger partial charge >= 0.3 is 5.97 Å². The van der Waals surface area contributed by atoms with Crippen LogP contribution in [0.1, 0.15) is 12.0 Å². The van der Waals surface area contributed by atoms with Crippen molar-refractivity contribution in [1.82, 2.24) is 5.32 Å². The topological polar surface area (TPSA) is 67.4 Å². The number of halogens is 1. The molecule has 0 radical (unpaired) electrons. The van der Waals surface area contributed by atoms with E-state index in [4.69, 9.17) is 16.3 Å². The Labute approximate surface area is 122 Å². The Kier molecular flexibility index (Phi) is 4.98. The number of hydrogen-bond acceptors (Lipinski definition) is 4. The largest absolute Gasteiger partial charge is 0.464 e. The molecule has 0 saturated carbocycles. The molecule has 1 aromatic rings. The molecule has 0 spiro atoms. The molecule has 1 aliphatic rings. The van der Waals surface area contributed by atoms with Gasteiger partial charge < -0.3 is 15.4 Å². The number of cyclic esters (lactones) is 1. The van der Waals surface area contributed by atoms with E-state index in [9.17, 15) is 9.59 Å². The first-order valence-electron chi connectivity index (χ1n) is 6.50. The van der Waals surface area contributed by atoms with E-state index in [0.29, 0.717) is 30.4 Å². The van der Waals surface area contributed by atoms with E-state index in [1.165, 1.54) is 0 Å². The SMILES string of the molecule is Cc1c(Cl)cccc1NC(=O)CC1CNCCOC1=O. The lowest BCUT2D eigenvalue weighted by Gasteiger charge is -2.13. The molecule has 0 aliphatic carbocycles. The Morgan fingerprint density at radius 1 is 1.55 bits per heavy atom. The molecule has 5 nitrogen and oxygen atoms in total. The molecule has 2 N–H and O–H groups in total. The molecule has 20 heavy (non-hydrogen) atoms. The van der Waals surface area contributed by atoms with E-state index in [0.717, 1.165) is 5.56 Å². The molecular weight excluding hydrogens is 280 g/mol. The fourth-order valence-electron chi connectivity index (χ4n) is 2.02. The van der Waals surface area contributed by atoms with Gasteiger partial charge in [0.2, 0.25) is 5.91 Å². The summed E-state index contributed by atoms with van der Waals surface area (Å²) in [5, 5.41) is 6.45. The minimum Gasteiger partial charge on any atom is -0.464 e. The maximum atomic E-state index is 12.0. The summed E-state index contributed by atoms with van der Waals surface area (Å²) in [5.41, 5.74) is 1.47. The molecular formula is C14H17ClN2O3. The molecule has 1 amide bonds. The third-order valence-corrected chi connectivity index (χ3v) is 3.63. The first-order chi connectivity index (χ1) is 9.58. The molecule has 1 aliphatic heterocycles. The molecule has 1 atom stereocenters. The van der Waals surface area contributed by atoms with Crippen molar-refractivity contribution < 1.29 is 14.3 Å². The Morgan fingerprint density at radius 2 is 2.35 bits per heavy atom. The summed E-state index contributed by atoms with van der Waals surface area (Å²) in [5.74, 6) is -0.994. The van der Waals surface area contributed by atoms with E-state index >= 15 is 0 Å². The number of esters is 1. The van der Waals surface area contributed by atoms with Crippen LogP contribution in [0.3, 0.4) is 0 Å². The van der Waals surface area contributed by atoms with Crippen LogP contribution in [0.5, 0.6) is 0 Å². The van der Waals surface area contributed by atoms with Gasteiger partial charge in [-0.05, 0) is 24.6 Å². The van der Waals surface area contributed by atoms with Crippen molar-refractivity contribution in [2.24, 2.45) is 5.92 Å². The van der Waals surface area contributed by atoms with Gasteiger partial charge in [0.15, 0.2) is 0 Å². The normalized spacial score (nSPS) is 19.1. The summed E-state index contributed by atoms with van der Waals surface area (Å²) in [6.45, 7) is 3.27. The number of carbonyl (C=O) groups is 2. The lowest BCUT2D eigenvalue weighted by molar-refractivity contribution is -0.148. The third-order valence-electron chi connectivity index (χ3n) is 3.22. The fraction of sp³-hybridized carbons (Fsp3) is 0.429. The molecule has 2 rings (SSSR count). The summed E-state index contributed by atoms with van der Waals surface area (Å²) < 4.78 is 5.01. The Bertz CT molecular complexity index is 519. The van der Waals surface area contributed by atoms with Crippen molar-refractivity contribution in [3.05, 3.63) is 28.8 Å². The quantitative estimate of drug-likeness (QED) is 0.834. The predicted octanol–water partition coefficient (Wildman–Crippen LogP) is 1.74. The molecule has 1 saturated heterocycles. The second-order valence-corrected chi connectivity index (χ2v) is 5.14. The average Bonchev–Trinajstić information content (AvgIpc) is 2.61. The monoisotopic (exact) mass is 296 g/mol. The van der Waals surface area contributed by atoms with Crippen molar-refractivity contribution in [1.29, 1.82) is 0 Å². The molecule has 1 fully saturated rings. The second-order valence-electron chi connectivity index (χ2n) is 4.73. The summed E-state index contributed by atoms with van der Waals surface area (Å²) in [6.07, 6.45) is 0.0950. The lowest BCUT2D eigenvalue weighted by Crippen LogP contribution is -2.29. The minimum atomic E-state index is -0.447. The van der Waals surface area contributed by atoms with E-state index < -0.39 is 5.92 Å². The zero-order valence-corrected chi connectivity index (χ0v) is 12.0. The Morgan fingerprint density at radius 3 is 3.15 bits per heavy atom. The smallest absolute Gasteiger partial charge is 0.310 e. The van der Waals surface area contributed by atoms with Crippen LogP contribution in [0.2, 0.25) is 5.02 Å². The summed E-state index contributed by atoms with van der Waals surface area (Å²) in [6, 6.07) is 5.31. The van der Waals surface area contributed by atoms with Crippen LogP contribution in [0.25, 0.3) is 0 Å². The molecule has 1 aromatic carbocycles. The fourth-order valence-corrected chi connectivity index (χ4v) is 2.20. The number of hydrogen-bond donors (Lipinski definition) is 2. The maximum absolute atomic E-state index is 12.0. The zero-order chi connectivity index (χ0) is 14.5. The maximum Gasteiger partial charge on any atom is 0.310 e. The summed E-state index contributed by atoms with van der Waals surface area (Å²) >= 11 is 6.00. The van der Waals surface area contributed by atoms with Crippen molar-refractivity contribution in [3.8, 4) is 0 Å². The Hall–Kier alpha value is -1.59. The first kappa shape index (κ1) is 14.8. The van der Waals surface area contributed by atoms with Gasteiger partial charge in [0.25, 0.3) is 0 Å². The van der Waals surface area contributed by atoms with E-state index in [1.807, 2.05) is 6.92 Å². The molecule has 6 heteroatoms. The average molecular weight is 297 g/mol. The highest BCUT2D eigenvalue weighted by molar-refractivity contribution is 6.31. The van der Waals surface area contributed by atoms with Crippen LogP contribution in [0, 0.1) is 12.8 Å². The lowest BCUT2D eigenvalue weighted by atomic mass is 10.1. The minimum absolute atomic E-state index is 0.0950. The predicted molar refractivity (Wildman–Crippen MR) is 76.8 cm³/mol. The van der Waals surface area contributed by atoms with Gasteiger partial charge in [0.05, 0.1) is 5.92 Å². The van der Waals surface area contributed by atoms with E-state index in [-0.39, 0.29) is 18.3 Å². The number of carbonyl (C=O) groups excluding carboxylic acids is 2. The van der Waals surface area contributed by atoms with Crippen molar-refractivity contribution in [3.63, 3.8) is 0 Å². The van der Waals surface area contributed by atoms with Crippen LogP contribution < -0.4 is 10.6 Å². The number of benzene rings is 1. The van der Waals surface area contributed by atoms with Crippen LogP contribution in [0.4, 0.5) is 5.69 Å². The van der Waals surface area contributed by atoms with Gasteiger partial charge in [-0.3, -0.25) is 9.59 Å².